The van der Waals surface area contributed by atoms with Gasteiger partial charge in [-0.1, -0.05) is 54.8 Å². The minimum atomic E-state index is -0.103. The minimum absolute atomic E-state index is 0.0708. The molecule has 0 spiro atoms. The lowest BCUT2D eigenvalue weighted by Crippen LogP contribution is -2.49. The number of ether oxygens (including phenoxy) is 1. The summed E-state index contributed by atoms with van der Waals surface area (Å²) in [5.74, 6) is 3.59. The third-order valence-corrected chi connectivity index (χ3v) is 4.85. The van der Waals surface area contributed by atoms with Gasteiger partial charge in [0.25, 0.3) is 0 Å². The predicted molar refractivity (Wildman–Crippen MR) is 107 cm³/mol. The average Bonchev–Trinajstić information content (AvgIpc) is 2.73. The first-order valence-corrected chi connectivity index (χ1v) is 9.47. The maximum absolute atomic E-state index is 12.5. The molecule has 1 fully saturated rings. The zero-order valence-corrected chi connectivity index (χ0v) is 15.6. The van der Waals surface area contributed by atoms with E-state index in [9.17, 15) is 4.79 Å². The molecule has 3 rings (SSSR count). The lowest BCUT2D eigenvalue weighted by atomic mass is 10.0. The Kier molecular flexibility index (Phi) is 6.90. The summed E-state index contributed by atoms with van der Waals surface area (Å²) >= 11 is 0. The van der Waals surface area contributed by atoms with Crippen molar-refractivity contribution in [3.8, 4) is 18.1 Å². The molecule has 1 heterocycles. The SMILES string of the molecule is C#CCN1CCCCC1C(=O)NCc1ccc(COc2ccccc2)cc1. The number of piperidine rings is 1. The van der Waals surface area contributed by atoms with Gasteiger partial charge in [-0.05, 0) is 42.6 Å². The van der Waals surface area contributed by atoms with Crippen molar-refractivity contribution >= 4 is 5.91 Å². The van der Waals surface area contributed by atoms with Crippen LogP contribution in [0, 0.1) is 12.3 Å². The molecule has 1 saturated heterocycles. The van der Waals surface area contributed by atoms with Gasteiger partial charge in [0.05, 0.1) is 12.6 Å². The zero-order chi connectivity index (χ0) is 18.9. The van der Waals surface area contributed by atoms with Crippen LogP contribution in [0.25, 0.3) is 0 Å². The van der Waals surface area contributed by atoms with Gasteiger partial charge in [-0.25, -0.2) is 0 Å². The Morgan fingerprint density at radius 2 is 1.85 bits per heavy atom. The molecule has 0 aliphatic carbocycles. The highest BCUT2D eigenvalue weighted by molar-refractivity contribution is 5.81. The second-order valence-corrected chi connectivity index (χ2v) is 6.82. The third-order valence-electron chi connectivity index (χ3n) is 4.85. The molecular weight excluding hydrogens is 336 g/mol. The molecule has 1 amide bonds. The highest BCUT2D eigenvalue weighted by Gasteiger charge is 2.27. The molecule has 0 saturated carbocycles. The number of nitrogens with zero attached hydrogens (tertiary/aromatic N) is 1. The summed E-state index contributed by atoms with van der Waals surface area (Å²) in [4.78, 5) is 14.6. The van der Waals surface area contributed by atoms with Gasteiger partial charge in [-0.15, -0.1) is 6.42 Å². The van der Waals surface area contributed by atoms with Crippen LogP contribution in [0.5, 0.6) is 5.75 Å². The Morgan fingerprint density at radius 3 is 2.59 bits per heavy atom. The molecule has 1 aliphatic heterocycles. The number of hydrogen-bond donors (Lipinski definition) is 1. The second-order valence-electron chi connectivity index (χ2n) is 6.82. The van der Waals surface area contributed by atoms with Gasteiger partial charge in [0.15, 0.2) is 0 Å². The van der Waals surface area contributed by atoms with Gasteiger partial charge < -0.3 is 10.1 Å². The molecule has 1 unspecified atom stereocenters. The Balaban J connectivity index is 1.48. The van der Waals surface area contributed by atoms with E-state index in [2.05, 4.69) is 16.1 Å². The van der Waals surface area contributed by atoms with Crippen LogP contribution >= 0.6 is 0 Å². The van der Waals surface area contributed by atoms with Crippen molar-refractivity contribution in [1.82, 2.24) is 10.2 Å². The standard InChI is InChI=1S/C23H26N2O2/c1-2-15-25-16-7-6-10-22(25)23(26)24-17-19-11-13-20(14-12-19)18-27-21-8-4-3-5-9-21/h1,3-5,8-9,11-14,22H,6-7,10,15-18H2,(H,24,26). The molecule has 4 heteroatoms. The predicted octanol–water partition coefficient (Wildman–Crippen LogP) is 3.37. The minimum Gasteiger partial charge on any atom is -0.489 e. The van der Waals surface area contributed by atoms with Gasteiger partial charge in [0, 0.05) is 6.54 Å². The summed E-state index contributed by atoms with van der Waals surface area (Å²) in [6.07, 6.45) is 8.50. The fraction of sp³-hybridized carbons (Fsp3) is 0.348. The van der Waals surface area contributed by atoms with E-state index in [1.807, 2.05) is 54.6 Å². The van der Waals surface area contributed by atoms with Crippen molar-refractivity contribution < 1.29 is 9.53 Å². The highest BCUT2D eigenvalue weighted by atomic mass is 16.5. The van der Waals surface area contributed by atoms with Crippen LogP contribution in [-0.4, -0.2) is 29.9 Å². The Bertz CT molecular complexity index is 765. The Morgan fingerprint density at radius 1 is 1.11 bits per heavy atom. The molecule has 0 aromatic heterocycles. The fourth-order valence-electron chi connectivity index (χ4n) is 3.34. The topological polar surface area (TPSA) is 41.6 Å². The number of para-hydroxylation sites is 1. The van der Waals surface area contributed by atoms with Gasteiger partial charge in [-0.2, -0.15) is 0 Å². The van der Waals surface area contributed by atoms with Crippen molar-refractivity contribution in [3.63, 3.8) is 0 Å². The molecule has 0 radical (unpaired) electrons. The van der Waals surface area contributed by atoms with Crippen molar-refractivity contribution in [2.24, 2.45) is 0 Å². The summed E-state index contributed by atoms with van der Waals surface area (Å²) in [6.45, 7) is 2.49. The molecule has 1 aliphatic rings. The van der Waals surface area contributed by atoms with E-state index in [1.165, 1.54) is 0 Å². The summed E-state index contributed by atoms with van der Waals surface area (Å²) < 4.78 is 5.75. The number of benzene rings is 2. The maximum atomic E-state index is 12.5. The molecule has 2 aromatic carbocycles. The lowest BCUT2D eigenvalue weighted by Gasteiger charge is -2.33. The normalized spacial score (nSPS) is 17.1. The van der Waals surface area contributed by atoms with Crippen LogP contribution in [-0.2, 0) is 17.9 Å². The largest absolute Gasteiger partial charge is 0.489 e. The number of carbonyl (C=O) groups excluding carboxylic acids is 1. The van der Waals surface area contributed by atoms with Gasteiger partial charge >= 0.3 is 0 Å². The lowest BCUT2D eigenvalue weighted by molar-refractivity contribution is -0.127. The Labute approximate surface area is 161 Å². The summed E-state index contributed by atoms with van der Waals surface area (Å²) in [7, 11) is 0. The highest BCUT2D eigenvalue weighted by Crippen LogP contribution is 2.17. The molecule has 4 nitrogen and oxygen atoms in total. The molecule has 2 aromatic rings. The summed E-state index contributed by atoms with van der Waals surface area (Å²) in [5, 5.41) is 3.05. The van der Waals surface area contributed by atoms with E-state index in [1.54, 1.807) is 0 Å². The number of amides is 1. The van der Waals surface area contributed by atoms with E-state index < -0.39 is 0 Å². The van der Waals surface area contributed by atoms with Gasteiger partial charge in [-0.3, -0.25) is 9.69 Å². The van der Waals surface area contributed by atoms with Crippen molar-refractivity contribution in [2.45, 2.75) is 38.5 Å². The van der Waals surface area contributed by atoms with Crippen molar-refractivity contribution in [3.05, 3.63) is 65.7 Å². The van der Waals surface area contributed by atoms with E-state index in [0.29, 0.717) is 19.7 Å². The first kappa shape index (κ1) is 19.0. The first-order valence-electron chi connectivity index (χ1n) is 9.47. The van der Waals surface area contributed by atoms with Gasteiger partial charge in [0.2, 0.25) is 5.91 Å². The second kappa shape index (κ2) is 9.80. The Hall–Kier alpha value is -2.77. The maximum Gasteiger partial charge on any atom is 0.237 e. The fourth-order valence-corrected chi connectivity index (χ4v) is 3.34. The van der Waals surface area contributed by atoms with Crippen LogP contribution in [0.3, 0.4) is 0 Å². The van der Waals surface area contributed by atoms with Crippen LogP contribution in [0.4, 0.5) is 0 Å². The first-order chi connectivity index (χ1) is 13.3. The molecule has 140 valence electrons. The monoisotopic (exact) mass is 362 g/mol. The average molecular weight is 362 g/mol. The zero-order valence-electron chi connectivity index (χ0n) is 15.6. The quantitative estimate of drug-likeness (QED) is 0.768. The van der Waals surface area contributed by atoms with E-state index in [-0.39, 0.29) is 11.9 Å². The molecule has 0 bridgehead atoms. The van der Waals surface area contributed by atoms with Crippen molar-refractivity contribution in [2.75, 3.05) is 13.1 Å². The molecule has 1 N–H and O–H groups in total. The number of carbonyl (C=O) groups is 1. The summed E-state index contributed by atoms with van der Waals surface area (Å²) in [5.41, 5.74) is 2.17. The van der Waals surface area contributed by atoms with E-state index >= 15 is 0 Å². The van der Waals surface area contributed by atoms with Crippen molar-refractivity contribution in [1.29, 1.82) is 0 Å². The van der Waals surface area contributed by atoms with Crippen LogP contribution < -0.4 is 10.1 Å². The van der Waals surface area contributed by atoms with Crippen LogP contribution in [0.2, 0.25) is 0 Å². The number of likely N-dealkylation sites (tertiary alicyclic amines) is 1. The smallest absolute Gasteiger partial charge is 0.237 e. The number of terminal acetylenes is 1. The number of rotatable bonds is 7. The molecule has 1 atom stereocenters. The van der Waals surface area contributed by atoms with Crippen LogP contribution in [0.1, 0.15) is 30.4 Å². The third kappa shape index (κ3) is 5.60. The summed E-state index contributed by atoms with van der Waals surface area (Å²) in [6, 6.07) is 17.8. The number of hydrogen-bond acceptors (Lipinski definition) is 3. The van der Waals surface area contributed by atoms with Crippen LogP contribution in [0.15, 0.2) is 54.6 Å². The van der Waals surface area contributed by atoms with Gasteiger partial charge in [0.1, 0.15) is 12.4 Å². The number of nitrogens with one attached hydrogen (secondary N) is 1. The van der Waals surface area contributed by atoms with E-state index in [0.717, 1.165) is 42.7 Å². The molecular formula is C23H26N2O2. The molecule has 27 heavy (non-hydrogen) atoms. The van der Waals surface area contributed by atoms with E-state index in [4.69, 9.17) is 11.2 Å².